The summed E-state index contributed by atoms with van der Waals surface area (Å²) in [5, 5.41) is 9.51. The van der Waals surface area contributed by atoms with Gasteiger partial charge in [-0.25, -0.2) is 8.42 Å². The van der Waals surface area contributed by atoms with Crippen LogP contribution < -0.4 is 10.0 Å². The van der Waals surface area contributed by atoms with Gasteiger partial charge in [-0.15, -0.1) is 0 Å². The summed E-state index contributed by atoms with van der Waals surface area (Å²) in [6.07, 6.45) is 0. The van der Waals surface area contributed by atoms with Gasteiger partial charge in [0.1, 0.15) is 10.6 Å². The normalized spacial score (nSPS) is 11.4. The van der Waals surface area contributed by atoms with Gasteiger partial charge in [-0.1, -0.05) is 18.2 Å². The van der Waals surface area contributed by atoms with Gasteiger partial charge in [-0.05, 0) is 37.1 Å². The summed E-state index contributed by atoms with van der Waals surface area (Å²) in [4.78, 5) is 0.105. The molecule has 0 amide bonds. The van der Waals surface area contributed by atoms with Crippen molar-refractivity contribution >= 4 is 21.4 Å². The van der Waals surface area contributed by atoms with Crippen LogP contribution in [0.2, 0.25) is 0 Å². The van der Waals surface area contributed by atoms with Gasteiger partial charge < -0.3 is 10.8 Å². The molecule has 6 heteroatoms. The number of benzene rings is 2. The van der Waals surface area contributed by atoms with E-state index in [-0.39, 0.29) is 16.3 Å². The van der Waals surface area contributed by atoms with E-state index in [1.165, 1.54) is 19.2 Å². The van der Waals surface area contributed by atoms with Gasteiger partial charge in [0.25, 0.3) is 10.0 Å². The molecule has 0 aliphatic carbocycles. The average molecular weight is 306 g/mol. The van der Waals surface area contributed by atoms with Crippen molar-refractivity contribution in [3.05, 3.63) is 47.5 Å². The van der Waals surface area contributed by atoms with Crippen LogP contribution in [0.25, 0.3) is 0 Å². The number of rotatable bonds is 3. The van der Waals surface area contributed by atoms with Gasteiger partial charge >= 0.3 is 0 Å². The molecule has 5 nitrogen and oxygen atoms in total. The van der Waals surface area contributed by atoms with E-state index in [0.717, 1.165) is 4.31 Å². The molecule has 0 aromatic heterocycles. The number of phenolic OH excluding ortho intramolecular Hbond substituents is 1. The first-order chi connectivity index (χ1) is 9.75. The van der Waals surface area contributed by atoms with Crippen LogP contribution in [0.3, 0.4) is 0 Å². The number of phenols is 1. The van der Waals surface area contributed by atoms with Gasteiger partial charge in [0.2, 0.25) is 0 Å². The Morgan fingerprint density at radius 2 is 1.71 bits per heavy atom. The van der Waals surface area contributed by atoms with Crippen LogP contribution in [-0.2, 0) is 10.0 Å². The maximum absolute atomic E-state index is 12.8. The molecule has 3 N–H and O–H groups in total. The van der Waals surface area contributed by atoms with Crippen LogP contribution in [-0.4, -0.2) is 20.6 Å². The molecule has 21 heavy (non-hydrogen) atoms. The van der Waals surface area contributed by atoms with E-state index >= 15 is 0 Å². The lowest BCUT2D eigenvalue weighted by atomic mass is 10.1. The molecular formula is C15H18N2O3S. The van der Waals surface area contributed by atoms with Gasteiger partial charge in [0.15, 0.2) is 0 Å². The summed E-state index contributed by atoms with van der Waals surface area (Å²) in [5.74, 6) is 0.00323. The maximum Gasteiger partial charge on any atom is 0.266 e. The Labute approximate surface area is 124 Å². The number of aromatic hydroxyl groups is 1. The highest BCUT2D eigenvalue weighted by Crippen LogP contribution is 2.31. The number of nitrogens with two attached hydrogens (primary N) is 1. The van der Waals surface area contributed by atoms with Crippen molar-refractivity contribution in [2.45, 2.75) is 18.7 Å². The minimum Gasteiger partial charge on any atom is -0.508 e. The predicted molar refractivity (Wildman–Crippen MR) is 84.0 cm³/mol. The highest BCUT2D eigenvalue weighted by molar-refractivity contribution is 7.93. The Kier molecular flexibility index (Phi) is 3.82. The summed E-state index contributed by atoms with van der Waals surface area (Å²) >= 11 is 0. The molecule has 112 valence electrons. The first-order valence-electron chi connectivity index (χ1n) is 6.39. The number of aryl methyl sites for hydroxylation is 2. The second-order valence-electron chi connectivity index (χ2n) is 4.93. The molecule has 0 heterocycles. The van der Waals surface area contributed by atoms with Crippen LogP contribution in [0.15, 0.2) is 41.3 Å². The highest BCUT2D eigenvalue weighted by Gasteiger charge is 2.26. The summed E-state index contributed by atoms with van der Waals surface area (Å²) < 4.78 is 26.7. The third kappa shape index (κ3) is 2.67. The number of anilines is 2. The number of nitrogens with zero attached hydrogens (tertiary/aromatic N) is 1. The van der Waals surface area contributed by atoms with Gasteiger partial charge in [-0.2, -0.15) is 0 Å². The summed E-state index contributed by atoms with van der Waals surface area (Å²) in [7, 11) is -2.36. The molecule has 0 saturated carbocycles. The molecule has 2 aromatic carbocycles. The number of sulfonamides is 1. The Morgan fingerprint density at radius 1 is 1.10 bits per heavy atom. The van der Waals surface area contributed by atoms with Crippen molar-refractivity contribution < 1.29 is 13.5 Å². The van der Waals surface area contributed by atoms with E-state index in [0.29, 0.717) is 16.8 Å². The van der Waals surface area contributed by atoms with Crippen LogP contribution in [0.1, 0.15) is 11.1 Å². The molecule has 0 atom stereocenters. The molecule has 0 aliphatic heterocycles. The van der Waals surface area contributed by atoms with Gasteiger partial charge in [0.05, 0.1) is 11.4 Å². The van der Waals surface area contributed by atoms with Crippen LogP contribution in [0.5, 0.6) is 5.75 Å². The third-order valence-electron chi connectivity index (χ3n) is 3.42. The Bertz CT molecular complexity index is 786. The molecule has 0 saturated heterocycles. The monoisotopic (exact) mass is 306 g/mol. The fourth-order valence-corrected chi connectivity index (χ4v) is 3.69. The molecule has 0 fully saturated rings. The zero-order valence-corrected chi connectivity index (χ0v) is 13.0. The molecule has 0 aliphatic rings. The van der Waals surface area contributed by atoms with Crippen molar-refractivity contribution in [2.75, 3.05) is 17.1 Å². The molecule has 0 spiro atoms. The summed E-state index contributed by atoms with van der Waals surface area (Å²) in [5.41, 5.74) is 7.88. The Balaban J connectivity index is 2.60. The van der Waals surface area contributed by atoms with Gasteiger partial charge in [-0.3, -0.25) is 4.31 Å². The number of hydrogen-bond acceptors (Lipinski definition) is 4. The second-order valence-corrected chi connectivity index (χ2v) is 6.84. The quantitative estimate of drug-likeness (QED) is 0.853. The van der Waals surface area contributed by atoms with Crippen molar-refractivity contribution in [1.29, 1.82) is 0 Å². The van der Waals surface area contributed by atoms with Crippen molar-refractivity contribution in [1.82, 2.24) is 0 Å². The number of nitrogen functional groups attached to an aromatic ring is 1. The molecule has 2 aromatic rings. The number of hydrogen-bond donors (Lipinski definition) is 2. The van der Waals surface area contributed by atoms with E-state index in [1.54, 1.807) is 38.1 Å². The fourth-order valence-electron chi connectivity index (χ4n) is 2.11. The zero-order valence-electron chi connectivity index (χ0n) is 12.2. The Hall–Kier alpha value is -2.21. The first-order valence-corrected chi connectivity index (χ1v) is 7.83. The van der Waals surface area contributed by atoms with E-state index in [4.69, 9.17) is 5.73 Å². The standard InChI is InChI=1S/C15H18N2O3S/c1-10-7-8-11(2)15(14(10)16)21(19,20)17(3)12-5-4-6-13(18)9-12/h4-9,18H,16H2,1-3H3. The fraction of sp³-hybridized carbons (Fsp3) is 0.200. The minimum absolute atomic E-state index is 0.00323. The van der Waals surface area contributed by atoms with Crippen molar-refractivity contribution in [3.8, 4) is 5.75 Å². The van der Waals surface area contributed by atoms with Crippen LogP contribution in [0, 0.1) is 13.8 Å². The lowest BCUT2D eigenvalue weighted by Crippen LogP contribution is -2.28. The molecule has 0 bridgehead atoms. The first kappa shape index (κ1) is 15.2. The summed E-state index contributed by atoms with van der Waals surface area (Å²) in [6, 6.07) is 9.59. The predicted octanol–water partition coefficient (Wildman–Crippen LogP) is 2.42. The van der Waals surface area contributed by atoms with Crippen molar-refractivity contribution in [3.63, 3.8) is 0 Å². The average Bonchev–Trinajstić information content (AvgIpc) is 2.42. The second kappa shape index (κ2) is 5.29. The molecule has 0 radical (unpaired) electrons. The smallest absolute Gasteiger partial charge is 0.266 e. The van der Waals surface area contributed by atoms with E-state index < -0.39 is 10.0 Å². The van der Waals surface area contributed by atoms with Crippen LogP contribution in [0.4, 0.5) is 11.4 Å². The van der Waals surface area contributed by atoms with E-state index in [9.17, 15) is 13.5 Å². The molecular weight excluding hydrogens is 288 g/mol. The van der Waals surface area contributed by atoms with Crippen LogP contribution >= 0.6 is 0 Å². The van der Waals surface area contributed by atoms with E-state index in [1.807, 2.05) is 0 Å². The Morgan fingerprint density at radius 3 is 2.33 bits per heavy atom. The largest absolute Gasteiger partial charge is 0.508 e. The minimum atomic E-state index is -3.80. The summed E-state index contributed by atoms with van der Waals surface area (Å²) in [6.45, 7) is 3.47. The van der Waals surface area contributed by atoms with Crippen molar-refractivity contribution in [2.24, 2.45) is 0 Å². The third-order valence-corrected chi connectivity index (χ3v) is 5.41. The SMILES string of the molecule is Cc1ccc(C)c(S(=O)(=O)N(C)c2cccc(O)c2)c1N. The maximum atomic E-state index is 12.8. The molecule has 2 rings (SSSR count). The topological polar surface area (TPSA) is 83.6 Å². The lowest BCUT2D eigenvalue weighted by Gasteiger charge is -2.22. The van der Waals surface area contributed by atoms with Gasteiger partial charge in [0, 0.05) is 13.1 Å². The molecule has 0 unspecified atom stereocenters. The zero-order chi connectivity index (χ0) is 15.8. The lowest BCUT2D eigenvalue weighted by molar-refractivity contribution is 0.475. The highest BCUT2D eigenvalue weighted by atomic mass is 32.2. The van der Waals surface area contributed by atoms with E-state index in [2.05, 4.69) is 0 Å².